The van der Waals surface area contributed by atoms with Gasteiger partial charge in [-0.2, -0.15) is 4.98 Å². The van der Waals surface area contributed by atoms with E-state index >= 15 is 0 Å². The lowest BCUT2D eigenvalue weighted by atomic mass is 10.1. The van der Waals surface area contributed by atoms with Crippen LogP contribution < -0.4 is 0 Å². The van der Waals surface area contributed by atoms with Crippen LogP contribution in [0.25, 0.3) is 0 Å². The Bertz CT molecular complexity index is 291. The number of aromatic nitrogens is 2. The number of carbonyl (C=O) groups excluding carboxylic acids is 1. The molecule has 2 heterocycles. The maximum absolute atomic E-state index is 10.2. The molecule has 0 spiro atoms. The normalized spacial score (nSPS) is 22.0. The fourth-order valence-corrected chi connectivity index (χ4v) is 1.32. The van der Waals surface area contributed by atoms with E-state index in [1.54, 1.807) is 0 Å². The van der Waals surface area contributed by atoms with Gasteiger partial charge in [0.1, 0.15) is 6.29 Å². The zero-order valence-corrected chi connectivity index (χ0v) is 7.10. The van der Waals surface area contributed by atoms with Crippen molar-refractivity contribution in [2.24, 2.45) is 0 Å². The first-order chi connectivity index (χ1) is 6.40. The molecule has 70 valence electrons. The van der Waals surface area contributed by atoms with Crippen LogP contribution in [-0.2, 0) is 16.0 Å². The van der Waals surface area contributed by atoms with Crippen LogP contribution in [0, 0.1) is 0 Å². The summed E-state index contributed by atoms with van der Waals surface area (Å²) in [5.74, 6) is 1.26. The Kier molecular flexibility index (Phi) is 2.35. The quantitative estimate of drug-likeness (QED) is 0.629. The summed E-state index contributed by atoms with van der Waals surface area (Å²) < 4.78 is 10.2. The zero-order chi connectivity index (χ0) is 9.10. The molecule has 0 aliphatic carbocycles. The first-order valence-corrected chi connectivity index (χ1v) is 4.24. The van der Waals surface area contributed by atoms with Crippen LogP contribution in [0.15, 0.2) is 4.52 Å². The van der Waals surface area contributed by atoms with Gasteiger partial charge in [0.05, 0.1) is 18.9 Å². The van der Waals surface area contributed by atoms with Crippen molar-refractivity contribution < 1.29 is 14.1 Å². The topological polar surface area (TPSA) is 65.2 Å². The molecule has 0 amide bonds. The van der Waals surface area contributed by atoms with Gasteiger partial charge in [-0.25, -0.2) is 0 Å². The molecule has 0 aromatic carbocycles. The predicted molar refractivity (Wildman–Crippen MR) is 42.2 cm³/mol. The molecule has 13 heavy (non-hydrogen) atoms. The molecule has 0 bridgehead atoms. The van der Waals surface area contributed by atoms with Gasteiger partial charge in [-0.15, -0.1) is 0 Å². The van der Waals surface area contributed by atoms with E-state index in [9.17, 15) is 4.79 Å². The third-order valence-electron chi connectivity index (χ3n) is 2.03. The number of carbonyl (C=O) groups is 1. The molecule has 1 aliphatic rings. The van der Waals surface area contributed by atoms with Gasteiger partial charge in [-0.3, -0.25) is 0 Å². The molecule has 1 aliphatic heterocycles. The highest BCUT2D eigenvalue weighted by molar-refractivity contribution is 5.52. The van der Waals surface area contributed by atoms with Crippen molar-refractivity contribution in [3.63, 3.8) is 0 Å². The Morgan fingerprint density at radius 2 is 2.54 bits per heavy atom. The summed E-state index contributed by atoms with van der Waals surface area (Å²) in [5.41, 5.74) is 0. The second kappa shape index (κ2) is 3.66. The maximum atomic E-state index is 10.2. The number of nitrogens with zero attached hydrogens (tertiary/aromatic N) is 2. The minimum Gasteiger partial charge on any atom is -0.381 e. The van der Waals surface area contributed by atoms with E-state index in [1.165, 1.54) is 0 Å². The highest BCUT2D eigenvalue weighted by atomic mass is 16.5. The van der Waals surface area contributed by atoms with Crippen molar-refractivity contribution in [2.45, 2.75) is 18.8 Å². The Morgan fingerprint density at radius 3 is 3.23 bits per heavy atom. The molecular formula is C8H10N2O3. The van der Waals surface area contributed by atoms with Crippen LogP contribution in [0.2, 0.25) is 0 Å². The summed E-state index contributed by atoms with van der Waals surface area (Å²) in [6.07, 6.45) is 1.90. The van der Waals surface area contributed by atoms with E-state index in [0.717, 1.165) is 19.3 Å². The number of rotatable bonds is 3. The van der Waals surface area contributed by atoms with E-state index in [-0.39, 0.29) is 12.3 Å². The van der Waals surface area contributed by atoms with Crippen molar-refractivity contribution in [2.75, 3.05) is 13.2 Å². The van der Waals surface area contributed by atoms with Crippen LogP contribution in [0.1, 0.15) is 24.1 Å². The van der Waals surface area contributed by atoms with E-state index in [1.807, 2.05) is 0 Å². The number of ether oxygens (including phenoxy) is 1. The molecule has 0 saturated carbocycles. The fraction of sp³-hybridized carbons (Fsp3) is 0.625. The summed E-state index contributed by atoms with van der Waals surface area (Å²) in [6.45, 7) is 1.39. The molecular weight excluding hydrogens is 172 g/mol. The largest absolute Gasteiger partial charge is 0.381 e. The average Bonchev–Trinajstić information content (AvgIpc) is 2.70. The van der Waals surface area contributed by atoms with Gasteiger partial charge >= 0.3 is 0 Å². The van der Waals surface area contributed by atoms with Crippen molar-refractivity contribution in [3.05, 3.63) is 11.7 Å². The summed E-state index contributed by atoms with van der Waals surface area (Å²) in [5, 5.41) is 3.68. The summed E-state index contributed by atoms with van der Waals surface area (Å²) in [4.78, 5) is 14.3. The standard InChI is InChI=1S/C8H10N2O3/c11-3-1-7-9-8(13-10-7)6-2-4-12-5-6/h3,6H,1-2,4-5H2. The first-order valence-electron chi connectivity index (χ1n) is 4.24. The van der Waals surface area contributed by atoms with Crippen molar-refractivity contribution in [1.29, 1.82) is 0 Å². The fourth-order valence-electron chi connectivity index (χ4n) is 1.32. The number of aldehydes is 1. The maximum Gasteiger partial charge on any atom is 0.232 e. The first kappa shape index (κ1) is 8.37. The van der Waals surface area contributed by atoms with Crippen LogP contribution >= 0.6 is 0 Å². The summed E-state index contributed by atoms with van der Waals surface area (Å²) in [6, 6.07) is 0. The monoisotopic (exact) mass is 182 g/mol. The Labute approximate surface area is 75.1 Å². The third-order valence-corrected chi connectivity index (χ3v) is 2.03. The second-order valence-corrected chi connectivity index (χ2v) is 2.98. The second-order valence-electron chi connectivity index (χ2n) is 2.98. The zero-order valence-electron chi connectivity index (χ0n) is 7.10. The molecule has 0 N–H and O–H groups in total. The molecule has 5 heteroatoms. The summed E-state index contributed by atoms with van der Waals surface area (Å²) in [7, 11) is 0. The smallest absolute Gasteiger partial charge is 0.232 e. The van der Waals surface area contributed by atoms with Gasteiger partial charge in [-0.1, -0.05) is 5.16 Å². The molecule has 1 aromatic rings. The van der Waals surface area contributed by atoms with Gasteiger partial charge in [0.25, 0.3) is 0 Å². The van der Waals surface area contributed by atoms with Crippen molar-refractivity contribution in [1.82, 2.24) is 10.1 Å². The van der Waals surface area contributed by atoms with E-state index in [4.69, 9.17) is 9.26 Å². The van der Waals surface area contributed by atoms with Crippen molar-refractivity contribution >= 4 is 6.29 Å². The lowest BCUT2D eigenvalue weighted by Crippen LogP contribution is -1.98. The van der Waals surface area contributed by atoms with Crippen LogP contribution in [0.3, 0.4) is 0 Å². The Hall–Kier alpha value is -1.23. The Balaban J connectivity index is 2.07. The number of hydrogen-bond acceptors (Lipinski definition) is 5. The molecule has 1 fully saturated rings. The van der Waals surface area contributed by atoms with Crippen molar-refractivity contribution in [3.8, 4) is 0 Å². The predicted octanol–water partition coefficient (Wildman–Crippen LogP) is 0.315. The molecule has 0 radical (unpaired) electrons. The van der Waals surface area contributed by atoms with Gasteiger partial charge in [0, 0.05) is 6.61 Å². The van der Waals surface area contributed by atoms with E-state index < -0.39 is 0 Å². The van der Waals surface area contributed by atoms with E-state index in [0.29, 0.717) is 18.3 Å². The van der Waals surface area contributed by atoms with Gasteiger partial charge in [0.2, 0.25) is 5.89 Å². The number of hydrogen-bond donors (Lipinski definition) is 0. The molecule has 1 unspecified atom stereocenters. The van der Waals surface area contributed by atoms with Crippen LogP contribution in [-0.4, -0.2) is 29.6 Å². The van der Waals surface area contributed by atoms with Gasteiger partial charge < -0.3 is 14.1 Å². The van der Waals surface area contributed by atoms with Gasteiger partial charge in [-0.05, 0) is 6.42 Å². The molecule has 1 saturated heterocycles. The lowest BCUT2D eigenvalue weighted by Gasteiger charge is -1.96. The molecule has 5 nitrogen and oxygen atoms in total. The molecule has 1 aromatic heterocycles. The SMILES string of the molecule is O=CCc1noc(C2CCOC2)n1. The Morgan fingerprint density at radius 1 is 1.62 bits per heavy atom. The molecule has 1 atom stereocenters. The highest BCUT2D eigenvalue weighted by Gasteiger charge is 2.23. The lowest BCUT2D eigenvalue weighted by molar-refractivity contribution is -0.107. The van der Waals surface area contributed by atoms with E-state index in [2.05, 4.69) is 10.1 Å². The third kappa shape index (κ3) is 1.75. The highest BCUT2D eigenvalue weighted by Crippen LogP contribution is 2.23. The average molecular weight is 182 g/mol. The van der Waals surface area contributed by atoms with Crippen LogP contribution in [0.4, 0.5) is 0 Å². The molecule has 2 rings (SSSR count). The van der Waals surface area contributed by atoms with Crippen LogP contribution in [0.5, 0.6) is 0 Å². The minimum absolute atomic E-state index is 0.216. The summed E-state index contributed by atoms with van der Waals surface area (Å²) >= 11 is 0. The minimum atomic E-state index is 0.216. The van der Waals surface area contributed by atoms with Gasteiger partial charge in [0.15, 0.2) is 5.82 Å².